The van der Waals surface area contributed by atoms with E-state index in [4.69, 9.17) is 9.47 Å². The number of hydrogen-bond donors (Lipinski definition) is 0. The van der Waals surface area contributed by atoms with E-state index in [0.717, 1.165) is 11.1 Å². The third-order valence-electron chi connectivity index (χ3n) is 4.04. The molecule has 0 bridgehead atoms. The van der Waals surface area contributed by atoms with E-state index in [1.165, 1.54) is 6.07 Å². The highest BCUT2D eigenvalue weighted by atomic mass is 19.1. The molecule has 0 atom stereocenters. The minimum Gasteiger partial charge on any atom is -0.465 e. The smallest absolute Gasteiger partial charge is 0.225 e. The zero-order valence-electron chi connectivity index (χ0n) is 16.1. The topological polar surface area (TPSA) is 30.8 Å². The Morgan fingerprint density at radius 3 is 2.11 bits per heavy atom. The van der Waals surface area contributed by atoms with Gasteiger partial charge in [-0.3, -0.25) is 0 Å². The number of aliphatic imine (C=N–C) groups is 1. The van der Waals surface area contributed by atoms with E-state index in [0.29, 0.717) is 17.0 Å². The molecule has 0 amide bonds. The van der Waals surface area contributed by atoms with Crippen LogP contribution in [0.3, 0.4) is 0 Å². The summed E-state index contributed by atoms with van der Waals surface area (Å²) in [6, 6.07) is 21.6. The Kier molecular flexibility index (Phi) is 6.22. The molecule has 3 nitrogen and oxygen atoms in total. The number of halogens is 1. The molecule has 0 unspecified atom stereocenters. The molecule has 28 heavy (non-hydrogen) atoms. The first-order valence-electron chi connectivity index (χ1n) is 8.99. The summed E-state index contributed by atoms with van der Waals surface area (Å²) in [5, 5.41) is 0. The lowest BCUT2D eigenvalue weighted by Gasteiger charge is -2.11. The average Bonchev–Trinajstić information content (AvgIpc) is 2.70. The number of benzene rings is 3. The van der Waals surface area contributed by atoms with Crippen molar-refractivity contribution in [2.24, 2.45) is 4.99 Å². The number of aryl methyl sites for hydroxylation is 2. The van der Waals surface area contributed by atoms with Crippen LogP contribution < -0.4 is 9.47 Å². The predicted octanol–water partition coefficient (Wildman–Crippen LogP) is 6.53. The maximum Gasteiger partial charge on any atom is 0.225 e. The Hall–Kier alpha value is -3.40. The van der Waals surface area contributed by atoms with Gasteiger partial charge in [0, 0.05) is 5.57 Å². The van der Waals surface area contributed by atoms with Crippen LogP contribution in [0.25, 0.3) is 0 Å². The minimum atomic E-state index is -0.452. The van der Waals surface area contributed by atoms with Gasteiger partial charge in [0.05, 0.1) is 11.9 Å². The summed E-state index contributed by atoms with van der Waals surface area (Å²) >= 11 is 0. The van der Waals surface area contributed by atoms with E-state index in [-0.39, 0.29) is 11.6 Å². The van der Waals surface area contributed by atoms with E-state index in [1.807, 2.05) is 69.3 Å². The first kappa shape index (κ1) is 19.4. The van der Waals surface area contributed by atoms with Crippen LogP contribution in [0, 0.1) is 19.7 Å². The largest absolute Gasteiger partial charge is 0.465 e. The Labute approximate surface area is 164 Å². The second kappa shape index (κ2) is 9.00. The maximum absolute atomic E-state index is 14.1. The number of ether oxygens (including phenoxy) is 2. The van der Waals surface area contributed by atoms with Gasteiger partial charge in [0.25, 0.3) is 0 Å². The van der Waals surface area contributed by atoms with Crippen molar-refractivity contribution in [1.82, 2.24) is 0 Å². The van der Waals surface area contributed by atoms with Crippen LogP contribution in [0.2, 0.25) is 0 Å². The summed E-state index contributed by atoms with van der Waals surface area (Å²) in [6.07, 6.45) is 1.55. The highest BCUT2D eigenvalue weighted by Crippen LogP contribution is 2.21. The first-order valence-corrected chi connectivity index (χ1v) is 8.99. The summed E-state index contributed by atoms with van der Waals surface area (Å²) in [6.45, 7) is 5.83. The van der Waals surface area contributed by atoms with Gasteiger partial charge < -0.3 is 9.47 Å². The van der Waals surface area contributed by atoms with Crippen molar-refractivity contribution in [3.63, 3.8) is 0 Å². The molecule has 0 fully saturated rings. The van der Waals surface area contributed by atoms with Gasteiger partial charge in [-0.1, -0.05) is 47.5 Å². The van der Waals surface area contributed by atoms with Gasteiger partial charge >= 0.3 is 0 Å². The van der Waals surface area contributed by atoms with Gasteiger partial charge in [0.15, 0.2) is 11.6 Å². The van der Waals surface area contributed by atoms with Crippen molar-refractivity contribution in [2.45, 2.75) is 20.8 Å². The molecule has 142 valence electrons. The van der Waals surface area contributed by atoms with E-state index in [2.05, 4.69) is 4.99 Å². The van der Waals surface area contributed by atoms with Crippen molar-refractivity contribution in [3.05, 3.63) is 102 Å². The zero-order valence-corrected chi connectivity index (χ0v) is 16.1. The normalized spacial score (nSPS) is 12.0. The molecule has 0 saturated heterocycles. The van der Waals surface area contributed by atoms with Crippen LogP contribution in [0.15, 0.2) is 89.6 Å². The predicted molar refractivity (Wildman–Crippen MR) is 111 cm³/mol. The highest BCUT2D eigenvalue weighted by Gasteiger charge is 2.11. The quantitative estimate of drug-likeness (QED) is 0.288. The standard InChI is InChI=1S/C24H22FNO2/c1-17-8-12-20(13-9-17)26-24(28-23-7-5-4-6-22(23)25)19(3)16-27-21-14-10-18(2)11-15-21/h4-16H,1-3H3/b19-16+,26-24?. The highest BCUT2D eigenvalue weighted by molar-refractivity contribution is 5.96. The number of para-hydroxylation sites is 1. The fourth-order valence-electron chi connectivity index (χ4n) is 2.38. The van der Waals surface area contributed by atoms with Crippen molar-refractivity contribution in [3.8, 4) is 11.5 Å². The Bertz CT molecular complexity index is 990. The Morgan fingerprint density at radius 2 is 1.46 bits per heavy atom. The van der Waals surface area contributed by atoms with Gasteiger partial charge in [0.2, 0.25) is 5.90 Å². The van der Waals surface area contributed by atoms with Gasteiger partial charge in [-0.25, -0.2) is 9.38 Å². The third-order valence-corrected chi connectivity index (χ3v) is 4.04. The van der Waals surface area contributed by atoms with Crippen LogP contribution in [0.5, 0.6) is 11.5 Å². The molecule has 3 aromatic rings. The van der Waals surface area contributed by atoms with Crippen LogP contribution in [-0.2, 0) is 0 Å². The molecule has 0 saturated carbocycles. The molecule has 0 aromatic heterocycles. The third kappa shape index (κ3) is 5.30. The lowest BCUT2D eigenvalue weighted by Crippen LogP contribution is -2.11. The van der Waals surface area contributed by atoms with Crippen LogP contribution in [0.1, 0.15) is 18.1 Å². The molecule has 0 heterocycles. The van der Waals surface area contributed by atoms with E-state index >= 15 is 0 Å². The molecule has 0 N–H and O–H groups in total. The van der Waals surface area contributed by atoms with Crippen LogP contribution in [0.4, 0.5) is 10.1 Å². The van der Waals surface area contributed by atoms with Gasteiger partial charge in [-0.05, 0) is 57.2 Å². The maximum atomic E-state index is 14.1. The summed E-state index contributed by atoms with van der Waals surface area (Å²) in [7, 11) is 0. The van der Waals surface area contributed by atoms with Gasteiger partial charge in [-0.15, -0.1) is 0 Å². The number of rotatable bonds is 5. The zero-order chi connectivity index (χ0) is 19.9. The molecule has 0 aliphatic rings. The fraction of sp³-hybridized carbons (Fsp3) is 0.125. The lowest BCUT2D eigenvalue weighted by molar-refractivity contribution is 0.467. The first-order chi connectivity index (χ1) is 13.5. The molecule has 0 radical (unpaired) electrons. The summed E-state index contributed by atoms with van der Waals surface area (Å²) < 4.78 is 25.6. The summed E-state index contributed by atoms with van der Waals surface area (Å²) in [4.78, 5) is 4.54. The number of hydrogen-bond acceptors (Lipinski definition) is 3. The van der Waals surface area contributed by atoms with E-state index < -0.39 is 5.82 Å². The van der Waals surface area contributed by atoms with Crippen molar-refractivity contribution in [1.29, 1.82) is 0 Å². The Balaban J connectivity index is 1.90. The SMILES string of the molecule is C/C(=C\Oc1ccc(C)cc1)C(=Nc1ccc(C)cc1)Oc1ccccc1F. The van der Waals surface area contributed by atoms with Crippen LogP contribution >= 0.6 is 0 Å². The summed E-state index contributed by atoms with van der Waals surface area (Å²) in [5.74, 6) is 0.620. The molecule has 3 rings (SSSR count). The van der Waals surface area contributed by atoms with Gasteiger partial charge in [0.1, 0.15) is 5.75 Å². The van der Waals surface area contributed by atoms with Crippen molar-refractivity contribution >= 4 is 11.6 Å². The monoisotopic (exact) mass is 375 g/mol. The molecule has 4 heteroatoms. The van der Waals surface area contributed by atoms with Gasteiger partial charge in [-0.2, -0.15) is 0 Å². The summed E-state index contributed by atoms with van der Waals surface area (Å²) in [5.41, 5.74) is 3.62. The molecule has 0 aliphatic carbocycles. The number of nitrogens with zero attached hydrogens (tertiary/aromatic N) is 1. The van der Waals surface area contributed by atoms with E-state index in [9.17, 15) is 4.39 Å². The van der Waals surface area contributed by atoms with E-state index in [1.54, 1.807) is 24.5 Å². The van der Waals surface area contributed by atoms with Crippen LogP contribution in [-0.4, -0.2) is 5.90 Å². The Morgan fingerprint density at radius 1 is 0.857 bits per heavy atom. The minimum absolute atomic E-state index is 0.108. The lowest BCUT2D eigenvalue weighted by atomic mass is 10.2. The molecular formula is C24H22FNO2. The second-order valence-corrected chi connectivity index (χ2v) is 6.52. The second-order valence-electron chi connectivity index (χ2n) is 6.52. The average molecular weight is 375 g/mol. The molecule has 0 aliphatic heterocycles. The molecular weight excluding hydrogens is 353 g/mol. The van der Waals surface area contributed by atoms with Crippen molar-refractivity contribution < 1.29 is 13.9 Å². The fourth-order valence-corrected chi connectivity index (χ4v) is 2.38. The molecule has 3 aromatic carbocycles. The van der Waals surface area contributed by atoms with Crippen molar-refractivity contribution in [2.75, 3.05) is 0 Å². The molecule has 0 spiro atoms.